The molecule has 12 heteroatoms. The minimum absolute atomic E-state index is 0.246. The van der Waals surface area contributed by atoms with Gasteiger partial charge in [0.05, 0.1) is 5.02 Å². The normalized spacial score (nSPS) is 12.9. The maximum atomic E-state index is 12.6. The first-order valence-electron chi connectivity index (χ1n) is 7.30. The third-order valence-electron chi connectivity index (χ3n) is 3.40. The van der Waals surface area contributed by atoms with Gasteiger partial charge >= 0.3 is 6.18 Å². The van der Waals surface area contributed by atoms with E-state index >= 15 is 0 Å². The molecule has 0 aliphatic carbocycles. The van der Waals surface area contributed by atoms with Crippen molar-refractivity contribution in [2.45, 2.75) is 24.9 Å². The number of alkyl halides is 3. The number of hydrogen-bond acceptors (Lipinski definition) is 4. The SMILES string of the molecule is CC(=NS(=O)(=O)c1cn(C)c(C(=O)Nc2ccnc(C)c2)c1Cl)C(F)(F)F. The van der Waals surface area contributed by atoms with E-state index in [9.17, 15) is 26.4 Å². The van der Waals surface area contributed by atoms with E-state index in [2.05, 4.69) is 14.7 Å². The molecule has 0 atom stereocenters. The van der Waals surface area contributed by atoms with Crippen molar-refractivity contribution in [3.8, 4) is 0 Å². The van der Waals surface area contributed by atoms with Crippen molar-refractivity contribution in [3.05, 3.63) is 40.9 Å². The van der Waals surface area contributed by atoms with E-state index in [0.717, 1.165) is 10.8 Å². The summed E-state index contributed by atoms with van der Waals surface area (Å²) in [5.41, 5.74) is -0.781. The van der Waals surface area contributed by atoms with Crippen molar-refractivity contribution in [1.29, 1.82) is 0 Å². The minimum atomic E-state index is -4.91. The van der Waals surface area contributed by atoms with Gasteiger partial charge < -0.3 is 9.88 Å². The molecule has 0 fully saturated rings. The molecule has 0 saturated heterocycles. The van der Waals surface area contributed by atoms with Gasteiger partial charge in [-0.1, -0.05) is 11.6 Å². The third kappa shape index (κ3) is 4.66. The van der Waals surface area contributed by atoms with Gasteiger partial charge in [0.1, 0.15) is 16.3 Å². The van der Waals surface area contributed by atoms with Gasteiger partial charge in [-0.15, -0.1) is 0 Å². The lowest BCUT2D eigenvalue weighted by Gasteiger charge is -2.07. The fourth-order valence-electron chi connectivity index (χ4n) is 2.10. The Morgan fingerprint density at radius 3 is 2.56 bits per heavy atom. The van der Waals surface area contributed by atoms with Crippen LogP contribution in [0.15, 0.2) is 33.8 Å². The van der Waals surface area contributed by atoms with Gasteiger partial charge in [-0.05, 0) is 26.0 Å². The van der Waals surface area contributed by atoms with Crippen LogP contribution in [0.2, 0.25) is 5.02 Å². The summed E-state index contributed by atoms with van der Waals surface area (Å²) in [6, 6.07) is 3.08. The Hall–Kier alpha value is -2.40. The lowest BCUT2D eigenvalue weighted by atomic mass is 10.3. The van der Waals surface area contributed by atoms with Gasteiger partial charge in [-0.3, -0.25) is 9.78 Å². The molecule has 27 heavy (non-hydrogen) atoms. The minimum Gasteiger partial charge on any atom is -0.344 e. The second kappa shape index (κ2) is 7.31. The zero-order valence-corrected chi connectivity index (χ0v) is 15.9. The predicted molar refractivity (Wildman–Crippen MR) is 93.7 cm³/mol. The second-order valence-corrected chi connectivity index (χ2v) is 7.51. The van der Waals surface area contributed by atoms with Crippen molar-refractivity contribution >= 4 is 38.9 Å². The van der Waals surface area contributed by atoms with Gasteiger partial charge in [-0.2, -0.15) is 26.0 Å². The largest absolute Gasteiger partial charge is 0.430 e. The number of nitrogens with one attached hydrogen (secondary N) is 1. The molecule has 1 N–H and O–H groups in total. The average Bonchev–Trinajstić information content (AvgIpc) is 2.81. The van der Waals surface area contributed by atoms with Gasteiger partial charge in [0.15, 0.2) is 0 Å². The average molecular weight is 423 g/mol. The molecule has 146 valence electrons. The Labute approximate surface area is 157 Å². The number of aryl methyl sites for hydroxylation is 2. The quantitative estimate of drug-likeness (QED) is 0.764. The third-order valence-corrected chi connectivity index (χ3v) is 5.28. The summed E-state index contributed by atoms with van der Waals surface area (Å²) in [4.78, 5) is 15.7. The molecule has 0 radical (unpaired) electrons. The van der Waals surface area contributed by atoms with Crippen LogP contribution < -0.4 is 5.32 Å². The van der Waals surface area contributed by atoms with Crippen LogP contribution in [0.25, 0.3) is 0 Å². The van der Waals surface area contributed by atoms with Crippen LogP contribution in [-0.4, -0.2) is 35.8 Å². The van der Waals surface area contributed by atoms with Crippen molar-refractivity contribution in [2.24, 2.45) is 11.4 Å². The second-order valence-electron chi connectivity index (χ2n) is 5.56. The summed E-state index contributed by atoms with van der Waals surface area (Å²) in [7, 11) is -3.43. The van der Waals surface area contributed by atoms with E-state index in [-0.39, 0.29) is 5.69 Å². The molecule has 0 aliphatic rings. The van der Waals surface area contributed by atoms with E-state index in [4.69, 9.17) is 11.6 Å². The number of aromatic nitrogens is 2. The van der Waals surface area contributed by atoms with Crippen LogP contribution in [0.3, 0.4) is 0 Å². The first kappa shape index (κ1) is 20.9. The Morgan fingerprint density at radius 2 is 2.00 bits per heavy atom. The molecule has 7 nitrogen and oxygen atoms in total. The van der Waals surface area contributed by atoms with Crippen molar-refractivity contribution in [1.82, 2.24) is 9.55 Å². The molecule has 2 heterocycles. The van der Waals surface area contributed by atoms with Crippen LogP contribution in [0.4, 0.5) is 18.9 Å². The lowest BCUT2D eigenvalue weighted by Crippen LogP contribution is -2.21. The standard InChI is InChI=1S/C15H14ClF3N4O3S/c1-8-6-10(4-5-20-8)21-14(24)13-12(16)11(7-23(13)3)27(25,26)22-9(2)15(17,18)19/h4-7H,1-3H3,(H,20,21,24). The fraction of sp³-hybridized carbons (Fsp3) is 0.267. The topological polar surface area (TPSA) is 93.4 Å². The van der Waals surface area contributed by atoms with Crippen molar-refractivity contribution < 1.29 is 26.4 Å². The van der Waals surface area contributed by atoms with E-state index in [1.54, 1.807) is 13.0 Å². The highest BCUT2D eigenvalue weighted by Crippen LogP contribution is 2.30. The van der Waals surface area contributed by atoms with Gasteiger partial charge in [-0.25, -0.2) is 0 Å². The Kier molecular flexibility index (Phi) is 5.66. The molecule has 0 bridgehead atoms. The summed E-state index contributed by atoms with van der Waals surface area (Å²) < 4.78 is 65.9. The zero-order valence-electron chi connectivity index (χ0n) is 14.3. The van der Waals surface area contributed by atoms with Crippen LogP contribution in [0, 0.1) is 6.92 Å². The molecule has 2 aromatic rings. The maximum Gasteiger partial charge on any atom is 0.430 e. The number of hydrogen-bond donors (Lipinski definition) is 1. The monoisotopic (exact) mass is 422 g/mol. The number of carbonyl (C=O) groups excluding carboxylic acids is 1. The van der Waals surface area contributed by atoms with Crippen molar-refractivity contribution in [2.75, 3.05) is 5.32 Å². The van der Waals surface area contributed by atoms with Gasteiger partial charge in [0.25, 0.3) is 15.9 Å². The molecule has 0 unspecified atom stereocenters. The van der Waals surface area contributed by atoms with E-state index in [1.807, 2.05) is 0 Å². The predicted octanol–water partition coefficient (Wildman–Crippen LogP) is 3.35. The summed E-state index contributed by atoms with van der Waals surface area (Å²) in [5.74, 6) is -0.744. The molecule has 2 rings (SSSR count). The summed E-state index contributed by atoms with van der Waals surface area (Å²) in [6.07, 6.45) is -2.52. The molecule has 0 aliphatic heterocycles. The first-order valence-corrected chi connectivity index (χ1v) is 9.12. The number of nitrogens with zero attached hydrogens (tertiary/aromatic N) is 3. The number of rotatable bonds is 4. The van der Waals surface area contributed by atoms with Crippen molar-refractivity contribution in [3.63, 3.8) is 0 Å². The molecule has 0 spiro atoms. The van der Waals surface area contributed by atoms with Crippen LogP contribution in [-0.2, 0) is 17.1 Å². The number of pyridine rings is 1. The first-order chi connectivity index (χ1) is 12.3. The molecule has 2 aromatic heterocycles. The number of halogens is 4. The fourth-order valence-corrected chi connectivity index (χ4v) is 3.84. The molecule has 0 aromatic carbocycles. The van der Waals surface area contributed by atoms with Gasteiger partial charge in [0.2, 0.25) is 0 Å². The zero-order chi connectivity index (χ0) is 20.6. The lowest BCUT2D eigenvalue weighted by molar-refractivity contribution is -0.0590. The van der Waals surface area contributed by atoms with Crippen LogP contribution in [0.1, 0.15) is 23.1 Å². The summed E-state index contributed by atoms with van der Waals surface area (Å²) in [6.45, 7) is 2.23. The highest BCUT2D eigenvalue weighted by molar-refractivity contribution is 7.90. The molecular weight excluding hydrogens is 409 g/mol. The number of amides is 1. The molecular formula is C15H14ClF3N4O3S. The highest BCUT2D eigenvalue weighted by atomic mass is 35.5. The molecule has 1 amide bonds. The summed E-state index contributed by atoms with van der Waals surface area (Å²) >= 11 is 5.98. The van der Waals surface area contributed by atoms with E-state index in [1.165, 1.54) is 19.3 Å². The van der Waals surface area contributed by atoms with Crippen LogP contribution in [0.5, 0.6) is 0 Å². The van der Waals surface area contributed by atoms with E-state index in [0.29, 0.717) is 18.3 Å². The Balaban J connectivity index is 2.43. The number of carbonyl (C=O) groups is 1. The number of anilines is 1. The van der Waals surface area contributed by atoms with E-state index < -0.39 is 37.7 Å². The van der Waals surface area contributed by atoms with Gasteiger partial charge in [0, 0.05) is 30.8 Å². The maximum absolute atomic E-state index is 12.6. The Morgan fingerprint density at radius 1 is 1.37 bits per heavy atom. The summed E-state index contributed by atoms with van der Waals surface area (Å²) in [5, 5.41) is 1.99. The Bertz CT molecular complexity index is 1030. The highest BCUT2D eigenvalue weighted by Gasteiger charge is 2.35. The molecule has 0 saturated carbocycles. The number of sulfonamides is 1. The smallest absolute Gasteiger partial charge is 0.344 e. The van der Waals surface area contributed by atoms with Crippen LogP contribution >= 0.6 is 11.6 Å².